The zero-order valence-electron chi connectivity index (χ0n) is 13.0. The first-order valence-electron chi connectivity index (χ1n) is 7.74. The van der Waals surface area contributed by atoms with Gasteiger partial charge >= 0.3 is 0 Å². The van der Waals surface area contributed by atoms with E-state index in [0.717, 1.165) is 31.7 Å². The first-order chi connectivity index (χ1) is 10.6. The third-order valence-corrected chi connectivity index (χ3v) is 3.95. The number of nitrogens with zero attached hydrogens (tertiary/aromatic N) is 3. The predicted octanol–water partition coefficient (Wildman–Crippen LogP) is 0.958. The molecule has 1 spiro atoms. The maximum absolute atomic E-state index is 11.9. The first-order valence-corrected chi connectivity index (χ1v) is 7.74. The summed E-state index contributed by atoms with van der Waals surface area (Å²) in [6.07, 6.45) is 4.83. The van der Waals surface area contributed by atoms with Crippen LogP contribution in [0.4, 0.5) is 5.82 Å². The van der Waals surface area contributed by atoms with Gasteiger partial charge in [0.05, 0.1) is 25.6 Å². The molecule has 22 heavy (non-hydrogen) atoms. The predicted molar refractivity (Wildman–Crippen MR) is 80.7 cm³/mol. The highest BCUT2D eigenvalue weighted by Gasteiger charge is 2.40. The Morgan fingerprint density at radius 2 is 1.91 bits per heavy atom. The van der Waals surface area contributed by atoms with Crippen LogP contribution in [0.25, 0.3) is 0 Å². The van der Waals surface area contributed by atoms with E-state index >= 15 is 0 Å². The molecule has 0 radical (unpaired) electrons. The van der Waals surface area contributed by atoms with Gasteiger partial charge in [0.1, 0.15) is 11.5 Å². The van der Waals surface area contributed by atoms with Gasteiger partial charge in [-0.3, -0.25) is 4.79 Å². The number of anilines is 1. The van der Waals surface area contributed by atoms with Gasteiger partial charge in [0.2, 0.25) is 0 Å². The van der Waals surface area contributed by atoms with Crippen LogP contribution in [0.2, 0.25) is 0 Å². The van der Waals surface area contributed by atoms with Crippen molar-refractivity contribution in [2.75, 3.05) is 31.2 Å². The second kappa shape index (κ2) is 6.18. The Bertz CT molecular complexity index is 516. The van der Waals surface area contributed by atoms with E-state index < -0.39 is 0 Å². The van der Waals surface area contributed by atoms with Gasteiger partial charge in [-0.2, -0.15) is 0 Å². The number of carbonyl (C=O) groups is 1. The summed E-state index contributed by atoms with van der Waals surface area (Å²) in [5.74, 6) is 0.203. The second-order valence-corrected chi connectivity index (χ2v) is 5.98. The van der Waals surface area contributed by atoms with Gasteiger partial charge in [0, 0.05) is 32.0 Å². The number of rotatable bonds is 3. The average molecular weight is 306 g/mol. The molecule has 7 heteroatoms. The van der Waals surface area contributed by atoms with Crippen LogP contribution in [-0.4, -0.2) is 54.0 Å². The van der Waals surface area contributed by atoms with Crippen molar-refractivity contribution in [2.24, 2.45) is 0 Å². The average Bonchev–Trinajstić information content (AvgIpc) is 2.96. The number of hydrogen-bond acceptors (Lipinski definition) is 6. The van der Waals surface area contributed by atoms with E-state index in [1.54, 1.807) is 6.20 Å². The fourth-order valence-electron chi connectivity index (χ4n) is 2.80. The quantitative estimate of drug-likeness (QED) is 0.896. The summed E-state index contributed by atoms with van der Waals surface area (Å²) in [4.78, 5) is 22.6. The molecule has 3 heterocycles. The molecule has 0 bridgehead atoms. The molecule has 1 amide bonds. The van der Waals surface area contributed by atoms with Crippen LogP contribution in [0.15, 0.2) is 12.4 Å². The summed E-state index contributed by atoms with van der Waals surface area (Å²) in [5, 5.41) is 2.80. The lowest BCUT2D eigenvalue weighted by Gasteiger charge is -2.37. The minimum absolute atomic E-state index is 0.0821. The van der Waals surface area contributed by atoms with Crippen molar-refractivity contribution in [1.82, 2.24) is 15.3 Å². The van der Waals surface area contributed by atoms with E-state index in [-0.39, 0.29) is 17.7 Å². The number of ether oxygens (including phenoxy) is 2. The first kappa shape index (κ1) is 15.2. The summed E-state index contributed by atoms with van der Waals surface area (Å²) in [7, 11) is 0. The van der Waals surface area contributed by atoms with E-state index in [1.807, 2.05) is 13.8 Å². The Hall–Kier alpha value is -1.73. The van der Waals surface area contributed by atoms with Crippen LogP contribution in [0, 0.1) is 0 Å². The van der Waals surface area contributed by atoms with Gasteiger partial charge in [-0.15, -0.1) is 0 Å². The maximum atomic E-state index is 11.9. The minimum atomic E-state index is -0.388. The van der Waals surface area contributed by atoms with Crippen molar-refractivity contribution >= 4 is 11.7 Å². The molecule has 2 saturated heterocycles. The Morgan fingerprint density at radius 3 is 2.45 bits per heavy atom. The fraction of sp³-hybridized carbons (Fsp3) is 0.667. The van der Waals surface area contributed by atoms with Crippen molar-refractivity contribution < 1.29 is 14.3 Å². The van der Waals surface area contributed by atoms with E-state index in [9.17, 15) is 4.79 Å². The van der Waals surface area contributed by atoms with Crippen molar-refractivity contribution in [3.63, 3.8) is 0 Å². The summed E-state index contributed by atoms with van der Waals surface area (Å²) in [5.41, 5.74) is 0.341. The molecule has 2 fully saturated rings. The van der Waals surface area contributed by atoms with Crippen molar-refractivity contribution in [2.45, 2.75) is 38.5 Å². The molecule has 0 unspecified atom stereocenters. The van der Waals surface area contributed by atoms with Gasteiger partial charge in [-0.05, 0) is 13.8 Å². The number of piperidine rings is 1. The zero-order chi connectivity index (χ0) is 15.6. The molecule has 1 aromatic rings. The van der Waals surface area contributed by atoms with Gasteiger partial charge in [-0.1, -0.05) is 0 Å². The van der Waals surface area contributed by atoms with E-state index in [4.69, 9.17) is 9.47 Å². The lowest BCUT2D eigenvalue weighted by atomic mass is 10.0. The third-order valence-electron chi connectivity index (χ3n) is 3.95. The molecule has 3 rings (SSSR count). The topological polar surface area (TPSA) is 76.6 Å². The van der Waals surface area contributed by atoms with Crippen LogP contribution in [-0.2, 0) is 9.47 Å². The van der Waals surface area contributed by atoms with Gasteiger partial charge in [0.15, 0.2) is 5.79 Å². The van der Waals surface area contributed by atoms with Crippen molar-refractivity contribution in [1.29, 1.82) is 0 Å². The largest absolute Gasteiger partial charge is 0.355 e. The van der Waals surface area contributed by atoms with E-state index in [0.29, 0.717) is 18.9 Å². The molecular weight excluding hydrogens is 284 g/mol. The van der Waals surface area contributed by atoms with Gasteiger partial charge in [0.25, 0.3) is 5.91 Å². The molecule has 0 aromatic carbocycles. The number of aromatic nitrogens is 2. The van der Waals surface area contributed by atoms with Crippen LogP contribution in [0.1, 0.15) is 37.2 Å². The molecule has 0 atom stereocenters. The normalized spacial score (nSPS) is 20.6. The standard InChI is InChI=1S/C15H22N4O3/c1-11(2)18-14(20)12-9-17-13(10-16-12)19-5-3-15(4-6-19)21-7-8-22-15/h9-11H,3-8H2,1-2H3,(H,18,20). The number of hydrogen-bond donors (Lipinski definition) is 1. The molecular formula is C15H22N4O3. The maximum Gasteiger partial charge on any atom is 0.271 e. The fourth-order valence-corrected chi connectivity index (χ4v) is 2.80. The summed E-state index contributed by atoms with van der Waals surface area (Å²) in [6.45, 7) is 6.81. The lowest BCUT2D eigenvalue weighted by Crippen LogP contribution is -2.45. The van der Waals surface area contributed by atoms with Crippen LogP contribution >= 0.6 is 0 Å². The molecule has 1 aromatic heterocycles. The highest BCUT2D eigenvalue weighted by atomic mass is 16.7. The SMILES string of the molecule is CC(C)NC(=O)c1cnc(N2CCC3(CC2)OCCO3)cn1. The molecule has 0 aliphatic carbocycles. The highest BCUT2D eigenvalue weighted by molar-refractivity contribution is 5.92. The van der Waals surface area contributed by atoms with Crippen molar-refractivity contribution in [3.05, 3.63) is 18.1 Å². The second-order valence-electron chi connectivity index (χ2n) is 5.98. The highest BCUT2D eigenvalue weighted by Crippen LogP contribution is 2.32. The number of carbonyl (C=O) groups excluding carboxylic acids is 1. The van der Waals surface area contributed by atoms with Crippen molar-refractivity contribution in [3.8, 4) is 0 Å². The molecule has 2 aliphatic rings. The Balaban J connectivity index is 1.60. The smallest absolute Gasteiger partial charge is 0.271 e. The lowest BCUT2D eigenvalue weighted by molar-refractivity contribution is -0.169. The Kier molecular flexibility index (Phi) is 4.26. The van der Waals surface area contributed by atoms with Crippen LogP contribution in [0.5, 0.6) is 0 Å². The summed E-state index contributed by atoms with van der Waals surface area (Å²) in [6, 6.07) is 0.0821. The molecule has 120 valence electrons. The third kappa shape index (κ3) is 3.20. The van der Waals surface area contributed by atoms with E-state index in [1.165, 1.54) is 6.20 Å². The van der Waals surface area contributed by atoms with Gasteiger partial charge in [-0.25, -0.2) is 9.97 Å². The number of amides is 1. The number of nitrogens with one attached hydrogen (secondary N) is 1. The zero-order valence-corrected chi connectivity index (χ0v) is 13.0. The van der Waals surface area contributed by atoms with Crippen LogP contribution in [0.3, 0.4) is 0 Å². The molecule has 7 nitrogen and oxygen atoms in total. The molecule has 0 saturated carbocycles. The van der Waals surface area contributed by atoms with Crippen LogP contribution < -0.4 is 10.2 Å². The van der Waals surface area contributed by atoms with Gasteiger partial charge < -0.3 is 19.7 Å². The van der Waals surface area contributed by atoms with E-state index in [2.05, 4.69) is 20.2 Å². The summed E-state index contributed by atoms with van der Waals surface area (Å²) >= 11 is 0. The molecule has 2 aliphatic heterocycles. The monoisotopic (exact) mass is 306 g/mol. The Morgan fingerprint density at radius 1 is 1.23 bits per heavy atom. The summed E-state index contributed by atoms with van der Waals surface area (Å²) < 4.78 is 11.4. The molecule has 1 N–H and O–H groups in total. The Labute approximate surface area is 130 Å². The minimum Gasteiger partial charge on any atom is -0.355 e.